The van der Waals surface area contributed by atoms with Crippen molar-refractivity contribution in [3.63, 3.8) is 0 Å². The van der Waals surface area contributed by atoms with Crippen LogP contribution < -0.4 is 5.19 Å². The third-order valence-electron chi connectivity index (χ3n) is 3.70. The molecule has 0 aliphatic carbocycles. The maximum Gasteiger partial charge on any atom is 0.372 e. The van der Waals surface area contributed by atoms with Crippen molar-refractivity contribution in [3.8, 4) is 0 Å². The molecule has 0 N–H and O–H groups in total. The summed E-state index contributed by atoms with van der Waals surface area (Å²) in [4.78, 5) is 11.3. The summed E-state index contributed by atoms with van der Waals surface area (Å²) in [6.07, 6.45) is 2.81. The zero-order chi connectivity index (χ0) is 17.8. The normalized spacial score (nSPS) is 11.3. The number of benzene rings is 1. The maximum atomic E-state index is 11.3. The lowest BCUT2D eigenvalue weighted by atomic mass is 10.3. The number of esters is 1. The van der Waals surface area contributed by atoms with Gasteiger partial charge in [-0.2, -0.15) is 0 Å². The van der Waals surface area contributed by atoms with E-state index in [2.05, 4.69) is 18.7 Å². The van der Waals surface area contributed by atoms with Gasteiger partial charge < -0.3 is 13.6 Å². The fraction of sp³-hybridized carbons (Fsp3) is 0.526. The molecular formula is C19H30O4Si. The van der Waals surface area contributed by atoms with Gasteiger partial charge in [-0.15, -0.1) is 0 Å². The third-order valence-corrected chi connectivity index (χ3v) is 7.44. The Labute approximate surface area is 147 Å². The quantitative estimate of drug-likeness (QED) is 0.250. The number of carbonyl (C=O) groups is 1. The van der Waals surface area contributed by atoms with E-state index in [1.807, 2.05) is 32.0 Å². The van der Waals surface area contributed by atoms with Crippen molar-refractivity contribution in [1.29, 1.82) is 0 Å². The van der Waals surface area contributed by atoms with Crippen LogP contribution in [0, 0.1) is 0 Å². The topological polar surface area (TPSA) is 44.8 Å². The fourth-order valence-corrected chi connectivity index (χ4v) is 5.92. The average molecular weight is 351 g/mol. The Balaban J connectivity index is 2.54. The second-order valence-electron chi connectivity index (χ2n) is 5.71. The Morgan fingerprint density at radius 3 is 2.21 bits per heavy atom. The van der Waals surface area contributed by atoms with Crippen LogP contribution in [0.4, 0.5) is 0 Å². The van der Waals surface area contributed by atoms with Crippen molar-refractivity contribution in [1.82, 2.24) is 0 Å². The highest BCUT2D eigenvalue weighted by Crippen LogP contribution is 2.19. The van der Waals surface area contributed by atoms with Crippen LogP contribution in [-0.2, 0) is 18.4 Å². The first-order chi connectivity index (χ1) is 11.6. The lowest BCUT2D eigenvalue weighted by molar-refractivity contribution is -0.139. The minimum Gasteiger partial charge on any atom is -0.462 e. The fourth-order valence-electron chi connectivity index (χ4n) is 2.58. The van der Waals surface area contributed by atoms with Crippen LogP contribution in [0.5, 0.6) is 0 Å². The average Bonchev–Trinajstić information content (AvgIpc) is 2.58. The molecule has 0 aliphatic heterocycles. The summed E-state index contributed by atoms with van der Waals surface area (Å²) in [6, 6.07) is 11.2. The molecule has 24 heavy (non-hydrogen) atoms. The van der Waals surface area contributed by atoms with E-state index in [0.29, 0.717) is 25.4 Å². The van der Waals surface area contributed by atoms with Crippen LogP contribution in [0.15, 0.2) is 42.5 Å². The van der Waals surface area contributed by atoms with Gasteiger partial charge in [0, 0.05) is 18.8 Å². The van der Waals surface area contributed by atoms with Crippen molar-refractivity contribution in [2.45, 2.75) is 46.1 Å². The molecule has 0 aliphatic rings. The monoisotopic (exact) mass is 350 g/mol. The van der Waals surface area contributed by atoms with E-state index in [1.54, 1.807) is 6.92 Å². The molecule has 1 rings (SSSR count). The minimum absolute atomic E-state index is 0.313. The Kier molecular flexibility index (Phi) is 9.60. The number of hydrogen-bond acceptors (Lipinski definition) is 4. The van der Waals surface area contributed by atoms with Crippen molar-refractivity contribution >= 4 is 19.7 Å². The van der Waals surface area contributed by atoms with Crippen LogP contribution in [0.3, 0.4) is 0 Å². The molecule has 0 atom stereocenters. The molecule has 0 heterocycles. The molecule has 1 aromatic rings. The number of hydrogen-bond donors (Lipinski definition) is 0. The summed E-state index contributed by atoms with van der Waals surface area (Å²) in [5.74, 6) is -0.313. The van der Waals surface area contributed by atoms with Crippen molar-refractivity contribution in [2.24, 2.45) is 0 Å². The molecule has 0 radical (unpaired) electrons. The van der Waals surface area contributed by atoms with E-state index in [4.69, 9.17) is 13.6 Å². The second kappa shape index (κ2) is 11.2. The van der Waals surface area contributed by atoms with Crippen molar-refractivity contribution in [2.75, 3.05) is 19.8 Å². The molecular weight excluding hydrogens is 320 g/mol. The summed E-state index contributed by atoms with van der Waals surface area (Å²) < 4.78 is 17.4. The van der Waals surface area contributed by atoms with Crippen molar-refractivity contribution < 1.29 is 18.4 Å². The van der Waals surface area contributed by atoms with Gasteiger partial charge in [0.1, 0.15) is 0 Å². The molecule has 4 nitrogen and oxygen atoms in total. The van der Waals surface area contributed by atoms with Gasteiger partial charge in [-0.3, -0.25) is 0 Å². The van der Waals surface area contributed by atoms with Gasteiger partial charge in [-0.1, -0.05) is 49.8 Å². The summed E-state index contributed by atoms with van der Waals surface area (Å²) in [5, 5.41) is 1.18. The Hall–Kier alpha value is -1.43. The van der Waals surface area contributed by atoms with Gasteiger partial charge in [0.25, 0.3) is 0 Å². The highest BCUT2D eigenvalue weighted by molar-refractivity contribution is 6.81. The van der Waals surface area contributed by atoms with Gasteiger partial charge in [0.2, 0.25) is 0 Å². The predicted octanol–water partition coefficient (Wildman–Crippen LogP) is 3.70. The molecule has 0 fully saturated rings. The zero-order valence-corrected chi connectivity index (χ0v) is 16.2. The van der Waals surface area contributed by atoms with Crippen LogP contribution >= 0.6 is 0 Å². The molecule has 1 aromatic carbocycles. The molecule has 0 aromatic heterocycles. The van der Waals surface area contributed by atoms with E-state index >= 15 is 0 Å². The Morgan fingerprint density at radius 1 is 1.04 bits per heavy atom. The van der Waals surface area contributed by atoms with Gasteiger partial charge >= 0.3 is 14.5 Å². The molecule has 0 bridgehead atoms. The number of carbonyl (C=O) groups excluding carboxylic acids is 1. The van der Waals surface area contributed by atoms with Gasteiger partial charge in [0.05, 0.1) is 6.61 Å². The van der Waals surface area contributed by atoms with Crippen LogP contribution in [-0.4, -0.2) is 34.4 Å². The molecule has 0 saturated carbocycles. The highest BCUT2D eigenvalue weighted by Gasteiger charge is 2.38. The number of rotatable bonds is 12. The van der Waals surface area contributed by atoms with Crippen molar-refractivity contribution in [3.05, 3.63) is 42.5 Å². The van der Waals surface area contributed by atoms with E-state index in [0.717, 1.165) is 25.3 Å². The lowest BCUT2D eigenvalue weighted by Crippen LogP contribution is -2.53. The van der Waals surface area contributed by atoms with E-state index in [9.17, 15) is 4.79 Å². The molecule has 0 spiro atoms. The number of unbranched alkanes of at least 4 members (excludes halogenated alkanes) is 2. The molecule has 5 heteroatoms. The molecule has 0 saturated heterocycles. The maximum absolute atomic E-state index is 11.3. The van der Waals surface area contributed by atoms with Crippen LogP contribution in [0.25, 0.3) is 0 Å². The number of ether oxygens (including phenoxy) is 1. The van der Waals surface area contributed by atoms with Crippen LogP contribution in [0.2, 0.25) is 6.04 Å². The smallest absolute Gasteiger partial charge is 0.372 e. The molecule has 0 unspecified atom stereocenters. The molecule has 134 valence electrons. The first kappa shape index (κ1) is 20.6. The molecule has 0 amide bonds. The minimum atomic E-state index is -2.39. The van der Waals surface area contributed by atoms with Gasteiger partial charge in [0.15, 0.2) is 0 Å². The summed E-state index contributed by atoms with van der Waals surface area (Å²) in [6.45, 7) is 11.0. The summed E-state index contributed by atoms with van der Waals surface area (Å²) in [7, 11) is -2.39. The second-order valence-corrected chi connectivity index (χ2v) is 8.87. The third kappa shape index (κ3) is 6.59. The van der Waals surface area contributed by atoms with Gasteiger partial charge in [-0.25, -0.2) is 4.79 Å². The Bertz CT molecular complexity index is 495. The predicted molar refractivity (Wildman–Crippen MR) is 99.5 cm³/mol. The van der Waals surface area contributed by atoms with E-state index in [-0.39, 0.29) is 5.97 Å². The zero-order valence-electron chi connectivity index (χ0n) is 15.2. The largest absolute Gasteiger partial charge is 0.462 e. The van der Waals surface area contributed by atoms with E-state index in [1.165, 1.54) is 5.19 Å². The lowest BCUT2D eigenvalue weighted by Gasteiger charge is -2.30. The first-order valence-corrected chi connectivity index (χ1v) is 10.7. The SMILES string of the molecule is C=C(C)C(=O)OCCCCC[Si](OCC)(OCC)c1ccccc1. The van der Waals surface area contributed by atoms with Crippen LogP contribution in [0.1, 0.15) is 40.0 Å². The first-order valence-electron chi connectivity index (χ1n) is 8.71. The highest BCUT2D eigenvalue weighted by atomic mass is 28.4. The van der Waals surface area contributed by atoms with E-state index < -0.39 is 8.56 Å². The van der Waals surface area contributed by atoms with Gasteiger partial charge in [-0.05, 0) is 38.4 Å². The Morgan fingerprint density at radius 2 is 1.67 bits per heavy atom. The summed E-state index contributed by atoms with van der Waals surface area (Å²) in [5.41, 5.74) is 0.443. The standard InChI is InChI=1S/C19H30O4Si/c1-5-22-24(23-6-2,18-13-9-7-10-14-18)16-12-8-11-15-21-19(20)17(3)4/h7,9-10,13-14H,3,5-6,8,11-12,15-16H2,1-2,4H3. The summed E-state index contributed by atoms with van der Waals surface area (Å²) >= 11 is 0.